The molecule has 4 nitrogen and oxygen atoms in total. The highest BCUT2D eigenvalue weighted by molar-refractivity contribution is 5.88. The van der Waals surface area contributed by atoms with Crippen LogP contribution in [0.2, 0.25) is 0 Å². The zero-order valence-corrected chi connectivity index (χ0v) is 17.9. The van der Waals surface area contributed by atoms with E-state index < -0.39 is 5.60 Å². The number of fused-ring (bicyclic) bond motifs is 4. The summed E-state index contributed by atoms with van der Waals surface area (Å²) in [5.41, 5.74) is 4.96. The standard InChI is InChI=1S/C26H30N2O2/c1-4-12-28-13-11-25(19-8-6-9-20(14-19)30-3)16-23-22(15-26(25,29)17-28)21-10-5-7-18(2)24(21)27-23/h4-10,14,27,29H,1,11-13,15-17H2,2-3H3. The van der Waals surface area contributed by atoms with Crippen molar-refractivity contribution in [3.05, 3.63) is 77.5 Å². The molecule has 0 amide bonds. The summed E-state index contributed by atoms with van der Waals surface area (Å²) >= 11 is 0. The normalized spacial score (nSPS) is 26.2. The number of hydrogen-bond donors (Lipinski definition) is 2. The Balaban J connectivity index is 1.70. The number of piperidine rings is 1. The minimum Gasteiger partial charge on any atom is -0.497 e. The van der Waals surface area contributed by atoms with Crippen LogP contribution in [0.4, 0.5) is 0 Å². The van der Waals surface area contributed by atoms with E-state index in [4.69, 9.17) is 4.74 Å². The van der Waals surface area contributed by atoms with E-state index in [0.29, 0.717) is 13.0 Å². The lowest BCUT2D eigenvalue weighted by Gasteiger charge is -2.56. The second-order valence-electron chi connectivity index (χ2n) is 9.05. The van der Waals surface area contributed by atoms with Crippen molar-refractivity contribution in [1.82, 2.24) is 9.88 Å². The molecule has 2 aromatic carbocycles. The largest absolute Gasteiger partial charge is 0.497 e. The fourth-order valence-electron chi connectivity index (χ4n) is 5.86. The highest BCUT2D eigenvalue weighted by Gasteiger charge is 2.57. The number of nitrogens with one attached hydrogen (secondary N) is 1. The van der Waals surface area contributed by atoms with Crippen LogP contribution in [0.15, 0.2) is 55.1 Å². The molecule has 5 rings (SSSR count). The molecule has 2 heterocycles. The number of para-hydroxylation sites is 1. The zero-order chi connectivity index (χ0) is 20.9. The number of benzene rings is 2. The lowest BCUT2D eigenvalue weighted by Crippen LogP contribution is -2.66. The van der Waals surface area contributed by atoms with Crippen LogP contribution in [0.25, 0.3) is 10.9 Å². The highest BCUT2D eigenvalue weighted by atomic mass is 16.5. The van der Waals surface area contributed by atoms with Crippen molar-refractivity contribution in [2.75, 3.05) is 26.7 Å². The number of ether oxygens (including phenoxy) is 1. The summed E-state index contributed by atoms with van der Waals surface area (Å²) in [6, 6.07) is 14.8. The van der Waals surface area contributed by atoms with Crippen LogP contribution in [0.5, 0.6) is 5.75 Å². The van der Waals surface area contributed by atoms with Gasteiger partial charge in [-0.3, -0.25) is 4.90 Å². The van der Waals surface area contributed by atoms with Gasteiger partial charge in [0.15, 0.2) is 0 Å². The Labute approximate surface area is 178 Å². The number of methoxy groups -OCH3 is 1. The Bertz CT molecular complexity index is 1120. The van der Waals surface area contributed by atoms with Gasteiger partial charge in [0.05, 0.1) is 12.7 Å². The topological polar surface area (TPSA) is 48.5 Å². The summed E-state index contributed by atoms with van der Waals surface area (Å²) < 4.78 is 5.53. The number of aromatic nitrogens is 1. The van der Waals surface area contributed by atoms with Crippen LogP contribution in [0, 0.1) is 6.92 Å². The molecule has 1 aliphatic carbocycles. The fraction of sp³-hybridized carbons (Fsp3) is 0.385. The first-order valence-corrected chi connectivity index (χ1v) is 10.8. The maximum absolute atomic E-state index is 12.3. The number of β-amino-alcohol motifs (C(OH)–C–C–N with tert-alkyl or cyclic N) is 1. The van der Waals surface area contributed by atoms with Crippen LogP contribution < -0.4 is 4.74 Å². The third kappa shape index (κ3) is 2.74. The predicted octanol–water partition coefficient (Wildman–Crippen LogP) is 4.14. The van der Waals surface area contributed by atoms with Crippen molar-refractivity contribution in [3.8, 4) is 5.75 Å². The van der Waals surface area contributed by atoms with Gasteiger partial charge in [-0.15, -0.1) is 6.58 Å². The minimum atomic E-state index is -0.855. The van der Waals surface area contributed by atoms with Gasteiger partial charge in [0.1, 0.15) is 5.75 Å². The second kappa shape index (κ2) is 7.00. The smallest absolute Gasteiger partial charge is 0.119 e. The van der Waals surface area contributed by atoms with Gasteiger partial charge in [0, 0.05) is 47.9 Å². The summed E-state index contributed by atoms with van der Waals surface area (Å²) in [6.45, 7) is 8.46. The van der Waals surface area contributed by atoms with E-state index in [1.165, 1.54) is 33.3 Å². The molecular formula is C26H30N2O2. The van der Waals surface area contributed by atoms with Gasteiger partial charge in [-0.2, -0.15) is 0 Å². The molecule has 0 saturated carbocycles. The Morgan fingerprint density at radius 3 is 2.87 bits per heavy atom. The van der Waals surface area contributed by atoms with Crippen LogP contribution in [-0.2, 0) is 18.3 Å². The van der Waals surface area contributed by atoms with E-state index >= 15 is 0 Å². The van der Waals surface area contributed by atoms with Gasteiger partial charge in [-0.25, -0.2) is 0 Å². The number of rotatable bonds is 4. The molecular weight excluding hydrogens is 372 g/mol. The van der Waals surface area contributed by atoms with Gasteiger partial charge in [-0.05, 0) is 48.7 Å². The molecule has 4 heteroatoms. The minimum absolute atomic E-state index is 0.346. The number of nitrogens with zero attached hydrogens (tertiary/aromatic N) is 1. The molecule has 1 fully saturated rings. The maximum atomic E-state index is 12.3. The average Bonchev–Trinajstić information content (AvgIpc) is 3.10. The Morgan fingerprint density at radius 1 is 1.23 bits per heavy atom. The SMILES string of the molecule is C=CCN1CCC2(c3cccc(OC)c3)Cc3[nH]c4c(C)cccc4c3CC2(O)C1. The number of aryl methyl sites for hydroxylation is 1. The van der Waals surface area contributed by atoms with E-state index in [9.17, 15) is 5.11 Å². The molecule has 1 aliphatic heterocycles. The Kier molecular flexibility index (Phi) is 4.53. The molecule has 0 bridgehead atoms. The summed E-state index contributed by atoms with van der Waals surface area (Å²) in [5.74, 6) is 0.844. The van der Waals surface area contributed by atoms with Crippen molar-refractivity contribution < 1.29 is 9.84 Å². The van der Waals surface area contributed by atoms with E-state index in [-0.39, 0.29) is 5.41 Å². The van der Waals surface area contributed by atoms with Gasteiger partial charge in [0.2, 0.25) is 0 Å². The molecule has 3 aromatic rings. The monoisotopic (exact) mass is 402 g/mol. The van der Waals surface area contributed by atoms with E-state index in [0.717, 1.165) is 31.7 Å². The van der Waals surface area contributed by atoms with Gasteiger partial charge >= 0.3 is 0 Å². The van der Waals surface area contributed by atoms with Gasteiger partial charge in [-0.1, -0.05) is 36.4 Å². The van der Waals surface area contributed by atoms with E-state index in [1.807, 2.05) is 18.2 Å². The van der Waals surface area contributed by atoms with Crippen molar-refractivity contribution in [3.63, 3.8) is 0 Å². The van der Waals surface area contributed by atoms with Crippen molar-refractivity contribution in [2.45, 2.75) is 37.2 Å². The zero-order valence-electron chi connectivity index (χ0n) is 17.9. The number of aliphatic hydroxyl groups is 1. The fourth-order valence-corrected chi connectivity index (χ4v) is 5.86. The molecule has 30 heavy (non-hydrogen) atoms. The quantitative estimate of drug-likeness (QED) is 0.645. The van der Waals surface area contributed by atoms with Gasteiger partial charge in [0.25, 0.3) is 0 Å². The first-order valence-electron chi connectivity index (χ1n) is 10.8. The van der Waals surface area contributed by atoms with E-state index in [2.05, 4.69) is 53.7 Å². The molecule has 2 N–H and O–H groups in total. The molecule has 1 aromatic heterocycles. The van der Waals surface area contributed by atoms with Crippen molar-refractivity contribution in [1.29, 1.82) is 0 Å². The molecule has 2 atom stereocenters. The second-order valence-corrected chi connectivity index (χ2v) is 9.05. The Morgan fingerprint density at radius 2 is 2.07 bits per heavy atom. The third-order valence-electron chi connectivity index (χ3n) is 7.43. The predicted molar refractivity (Wildman–Crippen MR) is 121 cm³/mol. The van der Waals surface area contributed by atoms with Crippen LogP contribution in [0.1, 0.15) is 28.8 Å². The molecule has 2 aliphatic rings. The Hall–Kier alpha value is -2.56. The third-order valence-corrected chi connectivity index (χ3v) is 7.43. The number of H-pyrrole nitrogens is 1. The molecule has 2 unspecified atom stereocenters. The summed E-state index contributed by atoms with van der Waals surface area (Å²) in [5, 5.41) is 13.6. The lowest BCUT2D eigenvalue weighted by atomic mass is 9.56. The number of hydrogen-bond acceptors (Lipinski definition) is 3. The van der Waals surface area contributed by atoms with Crippen molar-refractivity contribution in [2.24, 2.45) is 0 Å². The van der Waals surface area contributed by atoms with Crippen LogP contribution in [-0.4, -0.2) is 47.3 Å². The molecule has 1 saturated heterocycles. The van der Waals surface area contributed by atoms with Gasteiger partial charge < -0.3 is 14.8 Å². The average molecular weight is 403 g/mol. The number of likely N-dealkylation sites (tertiary alicyclic amines) is 1. The molecule has 0 spiro atoms. The number of aromatic amines is 1. The summed E-state index contributed by atoms with van der Waals surface area (Å²) in [7, 11) is 1.70. The summed E-state index contributed by atoms with van der Waals surface area (Å²) in [4.78, 5) is 6.05. The lowest BCUT2D eigenvalue weighted by molar-refractivity contribution is -0.100. The van der Waals surface area contributed by atoms with Crippen LogP contribution >= 0.6 is 0 Å². The first-order chi connectivity index (χ1) is 14.5. The highest BCUT2D eigenvalue weighted by Crippen LogP contribution is 2.52. The molecule has 0 radical (unpaired) electrons. The van der Waals surface area contributed by atoms with E-state index in [1.54, 1.807) is 7.11 Å². The summed E-state index contributed by atoms with van der Waals surface area (Å²) in [6.07, 6.45) is 4.29. The first kappa shape index (κ1) is 19.4. The maximum Gasteiger partial charge on any atom is 0.119 e. The van der Waals surface area contributed by atoms with Crippen LogP contribution in [0.3, 0.4) is 0 Å². The van der Waals surface area contributed by atoms with Crippen molar-refractivity contribution >= 4 is 10.9 Å². The molecule has 156 valence electrons.